The van der Waals surface area contributed by atoms with Gasteiger partial charge in [0.2, 0.25) is 0 Å². The molecule has 4 rings (SSSR count). The number of carbonyl (C=O) groups is 2. The summed E-state index contributed by atoms with van der Waals surface area (Å²) in [7, 11) is 0. The Morgan fingerprint density at radius 1 is 1.16 bits per heavy atom. The molecular formula is C25H25Cl2N3O2. The van der Waals surface area contributed by atoms with Crippen molar-refractivity contribution in [3.63, 3.8) is 0 Å². The number of allylic oxidation sites excluding steroid dienone is 3. The van der Waals surface area contributed by atoms with Crippen LogP contribution in [0.5, 0.6) is 0 Å². The number of rotatable bonds is 3. The summed E-state index contributed by atoms with van der Waals surface area (Å²) in [6.07, 6.45) is 2.79. The molecule has 0 saturated heterocycles. The van der Waals surface area contributed by atoms with E-state index in [1.165, 1.54) is 0 Å². The van der Waals surface area contributed by atoms with Crippen molar-refractivity contribution in [1.29, 1.82) is 0 Å². The van der Waals surface area contributed by atoms with Gasteiger partial charge in [0.25, 0.3) is 5.91 Å². The lowest BCUT2D eigenvalue weighted by Crippen LogP contribution is -2.39. The number of carbonyl (C=O) groups excluding carboxylic acids is 2. The summed E-state index contributed by atoms with van der Waals surface area (Å²) in [5.74, 6) is -0.508. The van der Waals surface area contributed by atoms with Crippen molar-refractivity contribution in [2.24, 2.45) is 5.41 Å². The number of hydrogen-bond donors (Lipinski definition) is 2. The number of nitrogens with one attached hydrogen (secondary N) is 2. The van der Waals surface area contributed by atoms with E-state index in [0.717, 1.165) is 11.3 Å². The Balaban J connectivity index is 1.84. The molecule has 2 aromatic rings. The van der Waals surface area contributed by atoms with Gasteiger partial charge in [0.05, 0.1) is 10.0 Å². The predicted octanol–water partition coefficient (Wildman–Crippen LogP) is 5.94. The molecule has 32 heavy (non-hydrogen) atoms. The minimum absolute atomic E-state index is 0.0102. The zero-order valence-corrected chi connectivity index (χ0v) is 20.0. The largest absolute Gasteiger partial charge is 0.362 e. The van der Waals surface area contributed by atoms with Crippen LogP contribution >= 0.6 is 23.2 Å². The molecule has 0 radical (unpaired) electrons. The van der Waals surface area contributed by atoms with E-state index in [1.54, 1.807) is 24.4 Å². The smallest absolute Gasteiger partial charge is 0.255 e. The Hall–Kier alpha value is -2.63. The summed E-state index contributed by atoms with van der Waals surface area (Å²) in [6, 6.07) is 8.94. The molecule has 1 aliphatic heterocycles. The highest BCUT2D eigenvalue weighted by Crippen LogP contribution is 2.48. The lowest BCUT2D eigenvalue weighted by atomic mass is 9.68. The SMILES string of the molecule is CC1=C(C(=O)Nc2ccc(C)cn2)C(c2cccc(Cl)c2Cl)C2=C(CC(C)(C)CC2=O)N1. The van der Waals surface area contributed by atoms with Crippen molar-refractivity contribution in [2.45, 2.75) is 46.5 Å². The highest BCUT2D eigenvalue weighted by molar-refractivity contribution is 6.42. The summed E-state index contributed by atoms with van der Waals surface area (Å²) in [6.45, 7) is 7.92. The van der Waals surface area contributed by atoms with Crippen molar-refractivity contribution in [1.82, 2.24) is 10.3 Å². The van der Waals surface area contributed by atoms with Crippen molar-refractivity contribution >= 4 is 40.7 Å². The van der Waals surface area contributed by atoms with Crippen LogP contribution in [-0.4, -0.2) is 16.7 Å². The third-order valence-electron chi connectivity index (χ3n) is 5.93. The minimum Gasteiger partial charge on any atom is -0.362 e. The number of Topliss-reactive ketones (excluding diaryl/α,β-unsaturated/α-hetero) is 1. The van der Waals surface area contributed by atoms with E-state index in [4.69, 9.17) is 23.2 Å². The van der Waals surface area contributed by atoms with Crippen LogP contribution in [0.15, 0.2) is 59.1 Å². The maximum atomic E-state index is 13.5. The molecule has 1 aliphatic carbocycles. The van der Waals surface area contributed by atoms with Crippen LogP contribution in [0.3, 0.4) is 0 Å². The number of dihydropyridines is 1. The maximum Gasteiger partial charge on any atom is 0.255 e. The van der Waals surface area contributed by atoms with Gasteiger partial charge in [-0.15, -0.1) is 0 Å². The molecule has 0 bridgehead atoms. The van der Waals surface area contributed by atoms with Gasteiger partial charge < -0.3 is 10.6 Å². The summed E-state index contributed by atoms with van der Waals surface area (Å²) >= 11 is 12.9. The molecule has 1 aromatic carbocycles. The maximum absolute atomic E-state index is 13.5. The number of benzene rings is 1. The summed E-state index contributed by atoms with van der Waals surface area (Å²) < 4.78 is 0. The zero-order valence-electron chi connectivity index (χ0n) is 18.5. The van der Waals surface area contributed by atoms with Crippen LogP contribution < -0.4 is 10.6 Å². The summed E-state index contributed by atoms with van der Waals surface area (Å²) in [4.78, 5) is 31.1. The first-order chi connectivity index (χ1) is 15.1. The first-order valence-electron chi connectivity index (χ1n) is 10.5. The zero-order chi connectivity index (χ0) is 23.2. The van der Waals surface area contributed by atoms with Crippen LogP contribution in [0.25, 0.3) is 0 Å². The molecule has 0 spiro atoms. The molecule has 2 aliphatic rings. The fourth-order valence-electron chi connectivity index (χ4n) is 4.52. The molecular weight excluding hydrogens is 445 g/mol. The van der Waals surface area contributed by atoms with E-state index < -0.39 is 5.92 Å². The summed E-state index contributed by atoms with van der Waals surface area (Å²) in [5.41, 5.74) is 4.01. The normalized spacial score (nSPS) is 20.1. The van der Waals surface area contributed by atoms with E-state index in [2.05, 4.69) is 29.5 Å². The molecule has 1 unspecified atom stereocenters. The molecule has 166 valence electrons. The Morgan fingerprint density at radius 2 is 1.91 bits per heavy atom. The van der Waals surface area contributed by atoms with Gasteiger partial charge in [-0.05, 0) is 48.9 Å². The average Bonchev–Trinajstić information content (AvgIpc) is 2.69. The van der Waals surface area contributed by atoms with E-state index in [0.29, 0.717) is 51.1 Å². The number of aromatic nitrogens is 1. The Labute approximate surface area is 197 Å². The minimum atomic E-state index is -0.619. The molecule has 7 heteroatoms. The number of halogens is 2. The monoisotopic (exact) mass is 469 g/mol. The second-order valence-electron chi connectivity index (χ2n) is 9.25. The van der Waals surface area contributed by atoms with E-state index in [9.17, 15) is 9.59 Å². The van der Waals surface area contributed by atoms with Crippen molar-refractivity contribution in [3.05, 3.63) is 80.2 Å². The lowest BCUT2D eigenvalue weighted by molar-refractivity contribution is -0.118. The van der Waals surface area contributed by atoms with Crippen LogP contribution in [0.2, 0.25) is 10.0 Å². The van der Waals surface area contributed by atoms with Gasteiger partial charge in [0.15, 0.2) is 5.78 Å². The number of ketones is 1. The highest BCUT2D eigenvalue weighted by Gasteiger charge is 2.43. The van der Waals surface area contributed by atoms with E-state index in [1.807, 2.05) is 26.0 Å². The number of pyridine rings is 1. The van der Waals surface area contributed by atoms with Gasteiger partial charge in [-0.3, -0.25) is 9.59 Å². The third kappa shape index (κ3) is 4.19. The van der Waals surface area contributed by atoms with Gasteiger partial charge in [-0.2, -0.15) is 0 Å². The third-order valence-corrected chi connectivity index (χ3v) is 6.76. The second-order valence-corrected chi connectivity index (χ2v) is 10.0. The highest BCUT2D eigenvalue weighted by atomic mass is 35.5. The van der Waals surface area contributed by atoms with Crippen molar-refractivity contribution in [2.75, 3.05) is 5.32 Å². The molecule has 1 atom stereocenters. The number of amides is 1. The number of hydrogen-bond acceptors (Lipinski definition) is 4. The van der Waals surface area contributed by atoms with Crippen molar-refractivity contribution in [3.8, 4) is 0 Å². The van der Waals surface area contributed by atoms with Gasteiger partial charge >= 0.3 is 0 Å². The van der Waals surface area contributed by atoms with Crippen LogP contribution in [-0.2, 0) is 9.59 Å². The van der Waals surface area contributed by atoms with Crippen molar-refractivity contribution < 1.29 is 9.59 Å². The molecule has 1 aromatic heterocycles. The number of nitrogens with zero attached hydrogens (tertiary/aromatic N) is 1. The van der Waals surface area contributed by atoms with E-state index >= 15 is 0 Å². The number of aryl methyl sites for hydroxylation is 1. The second kappa shape index (κ2) is 8.38. The Morgan fingerprint density at radius 3 is 2.59 bits per heavy atom. The fraction of sp³-hybridized carbons (Fsp3) is 0.320. The molecule has 2 heterocycles. The first kappa shape index (κ1) is 22.6. The summed E-state index contributed by atoms with van der Waals surface area (Å²) in [5, 5.41) is 6.94. The van der Waals surface area contributed by atoms with Crippen LogP contribution in [0.1, 0.15) is 50.7 Å². The average molecular weight is 470 g/mol. The van der Waals surface area contributed by atoms with Crippen LogP contribution in [0, 0.1) is 12.3 Å². The standard InChI is InChI=1S/C25H25Cl2N3O2/c1-13-8-9-19(28-12-13)30-24(32)20-14(2)29-17-10-25(3,4)11-18(31)22(17)21(20)15-6-5-7-16(26)23(15)27/h5-9,12,21,29H,10-11H2,1-4H3,(H,28,30,32). The first-order valence-corrected chi connectivity index (χ1v) is 11.2. The Kier molecular flexibility index (Phi) is 5.91. The van der Waals surface area contributed by atoms with Gasteiger partial charge in [0.1, 0.15) is 5.82 Å². The molecule has 2 N–H and O–H groups in total. The van der Waals surface area contributed by atoms with Gasteiger partial charge in [-0.1, -0.05) is 55.2 Å². The molecule has 5 nitrogen and oxygen atoms in total. The Bertz CT molecular complexity index is 1180. The quantitative estimate of drug-likeness (QED) is 0.583. The molecule has 1 amide bonds. The number of anilines is 1. The van der Waals surface area contributed by atoms with E-state index in [-0.39, 0.29) is 17.1 Å². The van der Waals surface area contributed by atoms with Gasteiger partial charge in [0, 0.05) is 41.1 Å². The van der Waals surface area contributed by atoms with Crippen LogP contribution in [0.4, 0.5) is 5.82 Å². The lowest BCUT2D eigenvalue weighted by Gasteiger charge is -2.39. The fourth-order valence-corrected chi connectivity index (χ4v) is 4.93. The van der Waals surface area contributed by atoms with Gasteiger partial charge in [-0.25, -0.2) is 4.98 Å². The molecule has 0 saturated carbocycles. The predicted molar refractivity (Wildman–Crippen MR) is 128 cm³/mol. The topological polar surface area (TPSA) is 71.1 Å². The molecule has 0 fully saturated rings.